The highest BCUT2D eigenvalue weighted by molar-refractivity contribution is 8.12. The average molecular weight is 431 g/mol. The number of hydrogen-bond donors (Lipinski definition) is 0. The Morgan fingerprint density at radius 1 is 0.905 bits per heavy atom. The molecule has 0 saturated heterocycles. The fraction of sp³-hybridized carbons (Fsp3) is 0.417. The summed E-state index contributed by atoms with van der Waals surface area (Å²) < 4.78 is 2.01. The van der Waals surface area contributed by atoms with Crippen LogP contribution in [0.2, 0.25) is 25.1 Å². The molecule has 0 heterocycles. The molecule has 1 aromatic carbocycles. The lowest BCUT2D eigenvalue weighted by Gasteiger charge is -2.14. The van der Waals surface area contributed by atoms with Gasteiger partial charge in [-0.05, 0) is 11.8 Å². The third kappa shape index (κ3) is 5.13. The van der Waals surface area contributed by atoms with Gasteiger partial charge in [-0.3, -0.25) is 9.48 Å². The molecule has 0 spiro atoms. The Kier molecular flexibility index (Phi) is 9.51. The van der Waals surface area contributed by atoms with E-state index >= 15 is 0 Å². The summed E-state index contributed by atoms with van der Waals surface area (Å²) in [6.45, 7) is 0. The van der Waals surface area contributed by atoms with E-state index in [-0.39, 0.29) is 27.5 Å². The van der Waals surface area contributed by atoms with E-state index in [1.807, 2.05) is 37.7 Å². The largest absolute Gasteiger partial charge is 1.00 e. The molecule has 0 fully saturated rings. The van der Waals surface area contributed by atoms with Gasteiger partial charge in [-0.2, -0.15) is 0 Å². The Morgan fingerprint density at radius 3 is 1.62 bits per heavy atom. The van der Waals surface area contributed by atoms with E-state index < -0.39 is 0 Å². The van der Waals surface area contributed by atoms with Crippen molar-refractivity contribution in [2.75, 3.05) is 28.2 Å². The first-order valence-corrected chi connectivity index (χ1v) is 8.40. The Labute approximate surface area is 160 Å². The number of thioether (sulfide) groups is 1. The predicted molar refractivity (Wildman–Crippen MR) is 93.6 cm³/mol. The van der Waals surface area contributed by atoms with Crippen molar-refractivity contribution in [3.05, 3.63) is 30.7 Å². The van der Waals surface area contributed by atoms with Gasteiger partial charge in [0.2, 0.25) is 0 Å². The van der Waals surface area contributed by atoms with Crippen LogP contribution in [0.3, 0.4) is 0 Å². The summed E-state index contributed by atoms with van der Waals surface area (Å²) in [5, 5.41) is 2.39. The number of nitrogens with zero attached hydrogens (tertiary/aromatic N) is 2. The summed E-state index contributed by atoms with van der Waals surface area (Å²) in [5.74, 6) is 0.542. The Hall–Kier alpha value is 0.780. The quantitative estimate of drug-likeness (QED) is 0.234. The molecule has 1 rings (SSSR count). The monoisotopic (exact) mass is 428 g/mol. The standard InChI is InChI=1S/C12H14Cl5N2S.ClH/c1-18(2)12(19(3)4)20-5-6-7(13)9(15)11(17)10(16)8(6)14;/h5H2,1-4H3;1H/q+1;/p-1. The van der Waals surface area contributed by atoms with Gasteiger partial charge in [-0.1, -0.05) is 58.0 Å². The number of benzene rings is 1. The van der Waals surface area contributed by atoms with Gasteiger partial charge >= 0.3 is 5.17 Å². The van der Waals surface area contributed by atoms with E-state index in [4.69, 9.17) is 58.0 Å². The van der Waals surface area contributed by atoms with Crippen LogP contribution in [0.1, 0.15) is 5.56 Å². The molecule has 0 aliphatic heterocycles. The van der Waals surface area contributed by atoms with Crippen LogP contribution >= 0.6 is 69.8 Å². The lowest BCUT2D eigenvalue weighted by atomic mass is 10.2. The predicted octanol–water partition coefficient (Wildman–Crippen LogP) is 2.38. The average Bonchev–Trinajstić information content (AvgIpc) is 2.37. The molecule has 0 bridgehead atoms. The van der Waals surface area contributed by atoms with Crippen LogP contribution in [0.4, 0.5) is 0 Å². The molecule has 0 atom stereocenters. The maximum Gasteiger partial charge on any atom is 0.307 e. The number of amidine groups is 1. The van der Waals surface area contributed by atoms with Crippen LogP contribution in [0.5, 0.6) is 0 Å². The summed E-state index contributed by atoms with van der Waals surface area (Å²) in [7, 11) is 7.86. The minimum Gasteiger partial charge on any atom is -1.00 e. The van der Waals surface area contributed by atoms with E-state index in [0.717, 1.165) is 5.17 Å². The smallest absolute Gasteiger partial charge is 0.307 e. The minimum absolute atomic E-state index is 0. The van der Waals surface area contributed by atoms with Crippen LogP contribution < -0.4 is 12.4 Å². The zero-order valence-electron chi connectivity index (χ0n) is 11.8. The lowest BCUT2D eigenvalue weighted by molar-refractivity contribution is -0.466. The number of halogens is 6. The molecule has 0 saturated carbocycles. The molecular weight excluding hydrogens is 417 g/mol. The normalized spacial score (nSPS) is 10.1. The number of hydrogen-bond acceptors (Lipinski definition) is 1. The van der Waals surface area contributed by atoms with Crippen LogP contribution in [0.25, 0.3) is 0 Å². The van der Waals surface area contributed by atoms with Crippen LogP contribution in [-0.4, -0.2) is 42.8 Å². The molecule has 0 radical (unpaired) electrons. The molecule has 0 aliphatic carbocycles. The van der Waals surface area contributed by atoms with Gasteiger partial charge < -0.3 is 12.4 Å². The lowest BCUT2D eigenvalue weighted by Crippen LogP contribution is -3.00. The molecule has 1 aromatic rings. The highest BCUT2D eigenvalue weighted by atomic mass is 35.5. The summed E-state index contributed by atoms with van der Waals surface area (Å²) in [4.78, 5) is 2.01. The van der Waals surface area contributed by atoms with Gasteiger partial charge in [-0.15, -0.1) is 0 Å². The Bertz CT molecular complexity index is 526. The summed E-state index contributed by atoms with van der Waals surface area (Å²) in [5.41, 5.74) is 0.680. The fourth-order valence-corrected chi connectivity index (χ4v) is 4.12. The summed E-state index contributed by atoms with van der Waals surface area (Å²) >= 11 is 32.1. The van der Waals surface area contributed by atoms with Gasteiger partial charge in [-0.25, -0.2) is 0 Å². The third-order valence-electron chi connectivity index (χ3n) is 2.41. The zero-order valence-corrected chi connectivity index (χ0v) is 17.1. The highest BCUT2D eigenvalue weighted by Gasteiger charge is 2.21. The maximum absolute atomic E-state index is 6.21. The van der Waals surface area contributed by atoms with Crippen molar-refractivity contribution in [3.8, 4) is 0 Å². The minimum atomic E-state index is 0. The molecule has 9 heteroatoms. The van der Waals surface area contributed by atoms with Gasteiger partial charge in [0.15, 0.2) is 0 Å². The molecule has 0 aromatic heterocycles. The second kappa shape index (κ2) is 9.17. The van der Waals surface area contributed by atoms with E-state index in [1.54, 1.807) is 11.8 Å². The molecule has 2 nitrogen and oxygen atoms in total. The second-order valence-electron chi connectivity index (χ2n) is 4.41. The van der Waals surface area contributed by atoms with Crippen molar-refractivity contribution in [1.29, 1.82) is 0 Å². The van der Waals surface area contributed by atoms with Crippen LogP contribution in [0.15, 0.2) is 0 Å². The molecule has 0 N–H and O–H groups in total. The third-order valence-corrected chi connectivity index (χ3v) is 6.19. The van der Waals surface area contributed by atoms with E-state index in [1.165, 1.54) is 0 Å². The molecular formula is C12H14Cl6N2S. The van der Waals surface area contributed by atoms with Gasteiger partial charge in [0.25, 0.3) is 0 Å². The topological polar surface area (TPSA) is 6.25 Å². The molecule has 0 unspecified atom stereocenters. The van der Waals surface area contributed by atoms with E-state index in [2.05, 4.69) is 0 Å². The van der Waals surface area contributed by atoms with E-state index in [0.29, 0.717) is 21.4 Å². The van der Waals surface area contributed by atoms with Crippen molar-refractivity contribution < 1.29 is 17.0 Å². The first-order valence-electron chi connectivity index (χ1n) is 5.53. The Balaban J connectivity index is 0.00000400. The van der Waals surface area contributed by atoms with Gasteiger partial charge in [0, 0.05) is 11.3 Å². The first-order chi connectivity index (χ1) is 9.18. The van der Waals surface area contributed by atoms with Crippen molar-refractivity contribution in [1.82, 2.24) is 4.90 Å². The first kappa shape index (κ1) is 21.8. The van der Waals surface area contributed by atoms with Crippen molar-refractivity contribution in [2.24, 2.45) is 0 Å². The van der Waals surface area contributed by atoms with Gasteiger partial charge in [0.05, 0.1) is 53.3 Å². The van der Waals surface area contributed by atoms with E-state index in [9.17, 15) is 0 Å². The van der Waals surface area contributed by atoms with Crippen molar-refractivity contribution >= 4 is 74.9 Å². The zero-order chi connectivity index (χ0) is 15.6. The fourth-order valence-electron chi connectivity index (χ4n) is 1.57. The second-order valence-corrected chi connectivity index (χ2v) is 7.24. The summed E-state index contributed by atoms with van der Waals surface area (Å²) in [6, 6.07) is 0. The number of rotatable bonds is 2. The van der Waals surface area contributed by atoms with Gasteiger partial charge in [0.1, 0.15) is 0 Å². The van der Waals surface area contributed by atoms with Crippen LogP contribution in [-0.2, 0) is 5.75 Å². The van der Waals surface area contributed by atoms with Crippen molar-refractivity contribution in [3.63, 3.8) is 0 Å². The SMILES string of the molecule is CN(C)C(SCc1c(Cl)c(Cl)c(Cl)c(Cl)c1Cl)=[N+](C)C.[Cl-]. The maximum atomic E-state index is 6.21. The van der Waals surface area contributed by atoms with Crippen LogP contribution in [0, 0.1) is 0 Å². The molecule has 0 aliphatic rings. The molecule has 0 amide bonds. The molecule has 120 valence electrons. The molecule has 21 heavy (non-hydrogen) atoms. The highest BCUT2D eigenvalue weighted by Crippen LogP contribution is 2.45. The van der Waals surface area contributed by atoms with Crippen molar-refractivity contribution in [2.45, 2.75) is 5.75 Å². The summed E-state index contributed by atoms with van der Waals surface area (Å²) in [6.07, 6.45) is 0. The Morgan fingerprint density at radius 2 is 1.29 bits per heavy atom.